The maximum Gasteiger partial charge on any atom is 0.267 e. The number of aromatic nitrogens is 2. The van der Waals surface area contributed by atoms with Crippen molar-refractivity contribution < 1.29 is 0 Å². The first-order valence-corrected chi connectivity index (χ1v) is 7.12. The number of nitrogens with zero attached hydrogens (tertiary/aromatic N) is 4. The molecule has 0 bridgehead atoms. The second-order valence-electron chi connectivity index (χ2n) is 6.03. The molecule has 1 aromatic heterocycles. The summed E-state index contributed by atoms with van der Waals surface area (Å²) in [6.45, 7) is 0.271. The van der Waals surface area contributed by atoms with Crippen molar-refractivity contribution in [2.45, 2.75) is 44.4 Å². The third-order valence-electron chi connectivity index (χ3n) is 4.70. The van der Waals surface area contributed by atoms with E-state index in [1.807, 2.05) is 6.07 Å². The van der Waals surface area contributed by atoms with Gasteiger partial charge in [0.05, 0.1) is 0 Å². The zero-order valence-electron chi connectivity index (χ0n) is 11.3. The van der Waals surface area contributed by atoms with Crippen LogP contribution >= 0.6 is 0 Å². The number of hydrogen-bond donors (Lipinski definition) is 1. The predicted octanol–water partition coefficient (Wildman–Crippen LogP) is 2.26. The van der Waals surface area contributed by atoms with Crippen molar-refractivity contribution in [2.24, 2.45) is 5.41 Å². The van der Waals surface area contributed by atoms with Crippen molar-refractivity contribution in [1.82, 2.24) is 9.97 Å². The summed E-state index contributed by atoms with van der Waals surface area (Å²) in [4.78, 5) is 8.01. The lowest BCUT2D eigenvalue weighted by atomic mass is 9.37. The summed E-state index contributed by atoms with van der Waals surface area (Å²) in [6.07, 6.45) is 8.37. The Morgan fingerprint density at radius 2 is 2.05 bits per heavy atom. The number of hydrogen-bond acceptors (Lipinski definition) is 5. The smallest absolute Gasteiger partial charge is 0.267 e. The van der Waals surface area contributed by atoms with E-state index in [0.29, 0.717) is 11.5 Å². The van der Waals surface area contributed by atoms with Gasteiger partial charge >= 0.3 is 0 Å². The Morgan fingerprint density at radius 3 is 2.70 bits per heavy atom. The number of nitriles is 2. The molecule has 3 rings (SSSR count). The average molecular weight is 265 g/mol. The van der Waals surface area contributed by atoms with E-state index in [1.165, 1.54) is 12.8 Å². The molecule has 1 saturated heterocycles. The summed E-state index contributed by atoms with van der Waals surface area (Å²) in [5.41, 5.74) is 0.454. The topological polar surface area (TPSA) is 85.4 Å². The van der Waals surface area contributed by atoms with Gasteiger partial charge < -0.3 is 5.32 Å². The van der Waals surface area contributed by atoms with E-state index in [-0.39, 0.29) is 12.5 Å². The van der Waals surface area contributed by atoms with E-state index in [2.05, 4.69) is 21.3 Å². The Hall–Kier alpha value is -2.08. The minimum Gasteiger partial charge on any atom is -0.367 e. The molecule has 0 aromatic carbocycles. The monoisotopic (exact) mass is 265 g/mol. The van der Waals surface area contributed by atoms with E-state index >= 15 is 0 Å². The molecular weight excluding hydrogens is 249 g/mol. The van der Waals surface area contributed by atoms with Crippen molar-refractivity contribution in [3.05, 3.63) is 18.1 Å². The molecule has 0 unspecified atom stereocenters. The summed E-state index contributed by atoms with van der Waals surface area (Å²) in [6, 6.07) is 4.20. The Balaban J connectivity index is 1.54. The molecule has 1 aliphatic carbocycles. The lowest BCUT2D eigenvalue weighted by molar-refractivity contribution is 0.0970. The molecule has 0 amide bonds. The van der Waals surface area contributed by atoms with Crippen LogP contribution in [0.4, 0.5) is 5.82 Å². The highest BCUT2D eigenvalue weighted by atomic mass is 15.1. The lowest BCUT2D eigenvalue weighted by Crippen LogP contribution is -2.47. The molecule has 100 valence electrons. The van der Waals surface area contributed by atoms with Crippen LogP contribution in [0.5, 0.6) is 0 Å². The summed E-state index contributed by atoms with van der Waals surface area (Å²) < 4.78 is 0. The van der Waals surface area contributed by atoms with Crippen molar-refractivity contribution >= 4 is 12.5 Å². The minimum absolute atomic E-state index is 0.207. The molecule has 5 nitrogen and oxygen atoms in total. The fourth-order valence-electron chi connectivity index (χ4n) is 3.56. The van der Waals surface area contributed by atoms with Gasteiger partial charge in [-0.1, -0.05) is 25.5 Å². The molecule has 2 heterocycles. The molecule has 1 aromatic rings. The SMILES string of the molecule is N#CB1CCC2(CC1)CC(Nc1ccnc(C#N)n1)C2. The van der Waals surface area contributed by atoms with Crippen molar-refractivity contribution in [2.75, 3.05) is 5.32 Å². The number of rotatable bonds is 2. The van der Waals surface area contributed by atoms with Gasteiger partial charge in [-0.3, -0.25) is 0 Å². The first-order chi connectivity index (χ1) is 9.73. The van der Waals surface area contributed by atoms with Crippen molar-refractivity contribution in [1.29, 1.82) is 10.5 Å². The van der Waals surface area contributed by atoms with Gasteiger partial charge in [-0.25, -0.2) is 15.2 Å². The highest BCUT2D eigenvalue weighted by Gasteiger charge is 2.46. The van der Waals surface area contributed by atoms with Crippen LogP contribution in [0.2, 0.25) is 12.6 Å². The summed E-state index contributed by atoms with van der Waals surface area (Å²) in [5, 5.41) is 21.1. The molecule has 20 heavy (non-hydrogen) atoms. The van der Waals surface area contributed by atoms with Crippen molar-refractivity contribution in [3.63, 3.8) is 0 Å². The van der Waals surface area contributed by atoms with E-state index in [0.717, 1.165) is 31.3 Å². The highest BCUT2D eigenvalue weighted by Crippen LogP contribution is 2.52. The van der Waals surface area contributed by atoms with Gasteiger partial charge in [-0.15, -0.1) is 0 Å². The van der Waals surface area contributed by atoms with Gasteiger partial charge in [0.25, 0.3) is 6.71 Å². The second-order valence-corrected chi connectivity index (χ2v) is 6.03. The minimum atomic E-state index is 0.207. The van der Waals surface area contributed by atoms with Gasteiger partial charge in [-0.05, 0) is 24.3 Å². The quantitative estimate of drug-likeness (QED) is 0.829. The summed E-state index contributed by atoms with van der Waals surface area (Å²) >= 11 is 0. The lowest BCUT2D eigenvalue weighted by Gasteiger charge is -2.51. The van der Waals surface area contributed by atoms with E-state index in [1.54, 1.807) is 12.3 Å². The molecule has 1 spiro atoms. The molecule has 1 saturated carbocycles. The predicted molar refractivity (Wildman–Crippen MR) is 76.0 cm³/mol. The molecule has 2 aliphatic rings. The van der Waals surface area contributed by atoms with E-state index in [4.69, 9.17) is 10.5 Å². The maximum atomic E-state index is 8.95. The van der Waals surface area contributed by atoms with Crippen LogP contribution in [0.3, 0.4) is 0 Å². The second kappa shape index (κ2) is 5.13. The summed E-state index contributed by atoms with van der Waals surface area (Å²) in [5.74, 6) is 3.34. The third-order valence-corrected chi connectivity index (χ3v) is 4.70. The van der Waals surface area contributed by atoms with Crippen LogP contribution in [0.1, 0.15) is 31.5 Å². The molecular formula is C14H16BN5. The van der Waals surface area contributed by atoms with Crippen LogP contribution in [0.25, 0.3) is 0 Å². The molecule has 6 heteroatoms. The fraction of sp³-hybridized carbons (Fsp3) is 0.571. The Morgan fingerprint density at radius 1 is 1.30 bits per heavy atom. The van der Waals surface area contributed by atoms with Gasteiger partial charge in [0, 0.05) is 18.2 Å². The fourth-order valence-corrected chi connectivity index (χ4v) is 3.56. The molecule has 2 fully saturated rings. The largest absolute Gasteiger partial charge is 0.367 e. The Bertz CT molecular complexity index is 572. The van der Waals surface area contributed by atoms with E-state index < -0.39 is 0 Å². The molecule has 1 N–H and O–H groups in total. The van der Waals surface area contributed by atoms with Crippen LogP contribution < -0.4 is 5.32 Å². The molecule has 1 aliphatic heterocycles. The third kappa shape index (κ3) is 2.47. The van der Waals surface area contributed by atoms with Crippen LogP contribution in [0, 0.1) is 28.0 Å². The number of nitrogens with one attached hydrogen (secondary N) is 1. The van der Waals surface area contributed by atoms with Gasteiger partial charge in [0.2, 0.25) is 5.82 Å². The highest BCUT2D eigenvalue weighted by molar-refractivity contribution is 6.67. The summed E-state index contributed by atoms with van der Waals surface area (Å²) in [7, 11) is 0. The van der Waals surface area contributed by atoms with E-state index in [9.17, 15) is 0 Å². The van der Waals surface area contributed by atoms with Gasteiger partial charge in [0.1, 0.15) is 11.9 Å². The van der Waals surface area contributed by atoms with Crippen LogP contribution in [-0.4, -0.2) is 22.7 Å². The maximum absolute atomic E-state index is 8.95. The average Bonchev–Trinajstić information content (AvgIpc) is 2.46. The molecule has 0 atom stereocenters. The Kier molecular flexibility index (Phi) is 3.32. The van der Waals surface area contributed by atoms with Crippen molar-refractivity contribution in [3.8, 4) is 12.0 Å². The first-order valence-electron chi connectivity index (χ1n) is 7.12. The zero-order valence-corrected chi connectivity index (χ0v) is 11.3. The molecule has 0 radical (unpaired) electrons. The number of anilines is 1. The Labute approximate surface area is 119 Å². The zero-order chi connectivity index (χ0) is 14.0. The van der Waals surface area contributed by atoms with Crippen LogP contribution in [0.15, 0.2) is 12.3 Å². The normalized spacial score (nSPS) is 20.8. The standard InChI is InChI=1S/C14H16BN5/c16-9-13-18-6-1-12(20-13)19-11-7-14(8-11)2-4-15(10-17)5-3-14/h1,6,11H,2-5,7-8H2,(H,18,19,20). The van der Waals surface area contributed by atoms with Gasteiger partial charge in [0.15, 0.2) is 0 Å². The van der Waals surface area contributed by atoms with Gasteiger partial charge in [-0.2, -0.15) is 5.26 Å². The first kappa shape index (κ1) is 12.9. The van der Waals surface area contributed by atoms with Crippen LogP contribution in [-0.2, 0) is 0 Å².